The van der Waals surface area contributed by atoms with Crippen molar-refractivity contribution in [2.24, 2.45) is 0 Å². The fraction of sp³-hybridized carbons (Fsp3) is 0.857. The summed E-state index contributed by atoms with van der Waals surface area (Å²) in [5.74, 6) is -0.948. The van der Waals surface area contributed by atoms with Gasteiger partial charge in [-0.05, 0) is 32.4 Å². The Bertz CT molecular complexity index is 98.4. The van der Waals surface area contributed by atoms with Gasteiger partial charge in [-0.1, -0.05) is 6.92 Å². The Hall–Kier alpha value is 1.48. The van der Waals surface area contributed by atoms with Gasteiger partial charge in [0.25, 0.3) is 0 Å². The minimum absolute atomic E-state index is 0. The van der Waals surface area contributed by atoms with Crippen LogP contribution in [-0.4, -0.2) is 19.1 Å². The van der Waals surface area contributed by atoms with E-state index in [4.69, 9.17) is 0 Å². The fourth-order valence-electron chi connectivity index (χ4n) is 0.696. The van der Waals surface area contributed by atoms with Gasteiger partial charge in [-0.3, -0.25) is 0 Å². The van der Waals surface area contributed by atoms with E-state index in [9.17, 15) is 9.90 Å². The fourth-order valence-corrected chi connectivity index (χ4v) is 0.696. The summed E-state index contributed by atoms with van der Waals surface area (Å²) in [7, 11) is 0. The van der Waals surface area contributed by atoms with E-state index >= 15 is 0 Å². The molecular formula is C7H14CsNO2. The number of hydrogen-bond acceptors (Lipinski definition) is 3. The van der Waals surface area contributed by atoms with Crippen LogP contribution in [0.3, 0.4) is 0 Å². The van der Waals surface area contributed by atoms with Gasteiger partial charge < -0.3 is 15.2 Å². The van der Waals surface area contributed by atoms with Crippen molar-refractivity contribution in [3.8, 4) is 0 Å². The molecule has 0 unspecified atom stereocenters. The molecule has 11 heavy (non-hydrogen) atoms. The predicted octanol–water partition coefficient (Wildman–Crippen LogP) is -3.48. The number of nitrogens with one attached hydrogen (secondary N) is 1. The Morgan fingerprint density at radius 2 is 2.09 bits per heavy atom. The summed E-state index contributed by atoms with van der Waals surface area (Å²) < 4.78 is 0. The Balaban J connectivity index is 0. The van der Waals surface area contributed by atoms with Crippen LogP contribution in [0.25, 0.3) is 0 Å². The first-order valence-electron chi connectivity index (χ1n) is 3.68. The third-order valence-corrected chi connectivity index (χ3v) is 1.23. The molecule has 0 bridgehead atoms. The van der Waals surface area contributed by atoms with Gasteiger partial charge in [-0.15, -0.1) is 0 Å². The molecular weight excluding hydrogens is 263 g/mol. The van der Waals surface area contributed by atoms with Crippen LogP contribution >= 0.6 is 0 Å². The maximum atomic E-state index is 9.90. The molecule has 0 aromatic heterocycles. The van der Waals surface area contributed by atoms with Crippen LogP contribution in [0.2, 0.25) is 0 Å². The predicted molar refractivity (Wildman–Crippen MR) is 37.4 cm³/mol. The molecule has 1 N–H and O–H groups in total. The van der Waals surface area contributed by atoms with Gasteiger partial charge in [-0.25, -0.2) is 0 Å². The van der Waals surface area contributed by atoms with Crippen molar-refractivity contribution in [1.82, 2.24) is 5.32 Å². The van der Waals surface area contributed by atoms with Crippen molar-refractivity contribution in [3.05, 3.63) is 0 Å². The molecule has 4 heteroatoms. The second-order valence-corrected chi connectivity index (χ2v) is 2.18. The number of carbonyl (C=O) groups excluding carboxylic acids is 1. The smallest absolute Gasteiger partial charge is 0.550 e. The SMILES string of the molecule is CCNCCCCC(=O)[O-].[Cs+]. The van der Waals surface area contributed by atoms with E-state index in [0.717, 1.165) is 25.9 Å². The van der Waals surface area contributed by atoms with Crippen LogP contribution in [-0.2, 0) is 4.79 Å². The molecule has 0 aliphatic carbocycles. The van der Waals surface area contributed by atoms with Crippen LogP contribution in [0.15, 0.2) is 0 Å². The standard InChI is InChI=1S/C7H15NO2.Cs/c1-2-8-6-4-3-5-7(9)10;/h8H,2-6H2,1H3,(H,9,10);/q;+1/p-1. The summed E-state index contributed by atoms with van der Waals surface area (Å²) in [6.07, 6.45) is 1.82. The maximum Gasteiger partial charge on any atom is 1.00 e. The van der Waals surface area contributed by atoms with Crippen LogP contribution in [0.4, 0.5) is 0 Å². The zero-order valence-corrected chi connectivity index (χ0v) is 13.6. The number of aliphatic carboxylic acids is 1. The molecule has 0 aromatic carbocycles. The second kappa shape index (κ2) is 11.5. The zero-order chi connectivity index (χ0) is 7.82. The summed E-state index contributed by atoms with van der Waals surface area (Å²) in [5, 5.41) is 13.0. The summed E-state index contributed by atoms with van der Waals surface area (Å²) >= 11 is 0. The number of carboxylic acid groups (broad SMARTS) is 1. The first-order chi connectivity index (χ1) is 4.77. The molecule has 0 radical (unpaired) electrons. The van der Waals surface area contributed by atoms with Gasteiger partial charge in [0.2, 0.25) is 0 Å². The molecule has 0 aliphatic heterocycles. The number of rotatable bonds is 6. The normalized spacial score (nSPS) is 8.82. The molecule has 0 atom stereocenters. The minimum atomic E-state index is -0.948. The van der Waals surface area contributed by atoms with Crippen LogP contribution in [0.1, 0.15) is 26.2 Å². The second-order valence-electron chi connectivity index (χ2n) is 2.18. The van der Waals surface area contributed by atoms with Gasteiger partial charge in [0.1, 0.15) is 0 Å². The largest absolute Gasteiger partial charge is 1.00 e. The van der Waals surface area contributed by atoms with E-state index in [-0.39, 0.29) is 75.3 Å². The average molecular weight is 277 g/mol. The minimum Gasteiger partial charge on any atom is -0.550 e. The summed E-state index contributed by atoms with van der Waals surface area (Å²) in [4.78, 5) is 9.90. The first kappa shape index (κ1) is 15.0. The number of carbonyl (C=O) groups is 1. The molecule has 0 amide bonds. The quantitative estimate of drug-likeness (QED) is 0.513. The third kappa shape index (κ3) is 14.3. The molecule has 0 rings (SSSR count). The van der Waals surface area contributed by atoms with Crippen molar-refractivity contribution in [1.29, 1.82) is 0 Å². The molecule has 60 valence electrons. The van der Waals surface area contributed by atoms with Gasteiger partial charge in [-0.2, -0.15) is 0 Å². The van der Waals surface area contributed by atoms with Crippen LogP contribution < -0.4 is 79.3 Å². The van der Waals surface area contributed by atoms with E-state index in [1.165, 1.54) is 0 Å². The van der Waals surface area contributed by atoms with E-state index < -0.39 is 5.97 Å². The number of hydrogen-bond donors (Lipinski definition) is 1. The number of unbranched alkanes of at least 4 members (excludes halogenated alkanes) is 1. The topological polar surface area (TPSA) is 52.2 Å². The van der Waals surface area contributed by atoms with Crippen molar-refractivity contribution in [2.45, 2.75) is 26.2 Å². The Kier molecular flexibility index (Phi) is 15.6. The molecule has 0 heterocycles. The van der Waals surface area contributed by atoms with Crippen molar-refractivity contribution >= 4 is 5.97 Å². The summed E-state index contributed by atoms with van der Waals surface area (Å²) in [6.45, 7) is 3.88. The molecule has 0 saturated heterocycles. The molecule has 3 nitrogen and oxygen atoms in total. The average Bonchev–Trinajstić information content (AvgIpc) is 1.87. The first-order valence-corrected chi connectivity index (χ1v) is 3.68. The van der Waals surface area contributed by atoms with Gasteiger partial charge in [0.15, 0.2) is 0 Å². The Morgan fingerprint density at radius 3 is 2.55 bits per heavy atom. The van der Waals surface area contributed by atoms with E-state index in [2.05, 4.69) is 5.32 Å². The van der Waals surface area contributed by atoms with E-state index in [1.807, 2.05) is 6.92 Å². The van der Waals surface area contributed by atoms with E-state index in [0.29, 0.717) is 0 Å². The van der Waals surface area contributed by atoms with Crippen LogP contribution in [0.5, 0.6) is 0 Å². The summed E-state index contributed by atoms with van der Waals surface area (Å²) in [6, 6.07) is 0. The Labute approximate surface area is 127 Å². The van der Waals surface area contributed by atoms with Crippen LogP contribution in [0, 0.1) is 0 Å². The van der Waals surface area contributed by atoms with Crippen molar-refractivity contribution < 1.29 is 78.8 Å². The maximum absolute atomic E-state index is 9.90. The molecule has 0 aromatic rings. The zero-order valence-electron chi connectivity index (χ0n) is 7.35. The Morgan fingerprint density at radius 1 is 1.45 bits per heavy atom. The number of carboxylic acids is 1. The monoisotopic (exact) mass is 277 g/mol. The molecule has 0 fully saturated rings. The molecule has 0 saturated carbocycles. The third-order valence-electron chi connectivity index (χ3n) is 1.23. The van der Waals surface area contributed by atoms with Gasteiger partial charge in [0.05, 0.1) is 0 Å². The molecule has 0 aliphatic rings. The van der Waals surface area contributed by atoms with Crippen molar-refractivity contribution in [3.63, 3.8) is 0 Å². The van der Waals surface area contributed by atoms with Crippen molar-refractivity contribution in [2.75, 3.05) is 13.1 Å². The van der Waals surface area contributed by atoms with Gasteiger partial charge in [0, 0.05) is 5.97 Å². The van der Waals surface area contributed by atoms with Gasteiger partial charge >= 0.3 is 68.9 Å². The summed E-state index contributed by atoms with van der Waals surface area (Å²) in [5.41, 5.74) is 0. The van der Waals surface area contributed by atoms with E-state index in [1.54, 1.807) is 0 Å². The molecule has 0 spiro atoms.